The summed E-state index contributed by atoms with van der Waals surface area (Å²) >= 11 is 0. The Morgan fingerprint density at radius 1 is 1.38 bits per heavy atom. The predicted molar refractivity (Wildman–Crippen MR) is 109 cm³/mol. The first-order chi connectivity index (χ1) is 14.0. The van der Waals surface area contributed by atoms with Crippen LogP contribution in [0.4, 0.5) is 0 Å². The second kappa shape index (κ2) is 8.16. The molecule has 3 aromatic heterocycles. The first-order valence-electron chi connectivity index (χ1n) is 9.89. The molecule has 0 aromatic carbocycles. The van der Waals surface area contributed by atoms with Crippen molar-refractivity contribution in [3.8, 4) is 17.4 Å². The van der Waals surface area contributed by atoms with E-state index in [4.69, 9.17) is 4.42 Å². The highest BCUT2D eigenvalue weighted by molar-refractivity contribution is 5.95. The van der Waals surface area contributed by atoms with Crippen LogP contribution in [-0.4, -0.2) is 69.2 Å². The maximum Gasteiger partial charge on any atom is 0.257 e. The molecule has 1 unspecified atom stereocenters. The van der Waals surface area contributed by atoms with Crippen LogP contribution in [0.15, 0.2) is 41.3 Å². The highest BCUT2D eigenvalue weighted by Crippen LogP contribution is 2.20. The van der Waals surface area contributed by atoms with Gasteiger partial charge in [-0.15, -0.1) is 0 Å². The zero-order chi connectivity index (χ0) is 20.4. The van der Waals surface area contributed by atoms with E-state index in [2.05, 4.69) is 27.0 Å². The Kier molecular flexibility index (Phi) is 5.44. The van der Waals surface area contributed by atoms with Crippen LogP contribution >= 0.6 is 0 Å². The van der Waals surface area contributed by atoms with Crippen molar-refractivity contribution >= 4 is 5.91 Å². The van der Waals surface area contributed by atoms with Gasteiger partial charge in [-0.1, -0.05) is 0 Å². The highest BCUT2D eigenvalue weighted by atomic mass is 16.3. The number of rotatable bonds is 5. The third-order valence-electron chi connectivity index (χ3n) is 5.45. The lowest BCUT2D eigenvalue weighted by Crippen LogP contribution is -2.40. The first-order valence-corrected chi connectivity index (χ1v) is 9.89. The van der Waals surface area contributed by atoms with Crippen LogP contribution in [0.2, 0.25) is 0 Å². The number of aromatic nitrogens is 4. The molecule has 1 fully saturated rings. The number of carbonyl (C=O) groups is 1. The van der Waals surface area contributed by atoms with E-state index < -0.39 is 0 Å². The molecule has 4 rings (SSSR count). The van der Waals surface area contributed by atoms with Crippen LogP contribution in [0.25, 0.3) is 17.4 Å². The van der Waals surface area contributed by atoms with Gasteiger partial charge in [0.2, 0.25) is 0 Å². The van der Waals surface area contributed by atoms with E-state index in [9.17, 15) is 4.79 Å². The van der Waals surface area contributed by atoms with Crippen molar-refractivity contribution in [3.63, 3.8) is 0 Å². The number of likely N-dealkylation sites (tertiary alicyclic amines) is 1. The van der Waals surface area contributed by atoms with Gasteiger partial charge in [-0.25, -0.2) is 14.6 Å². The monoisotopic (exact) mass is 394 g/mol. The summed E-state index contributed by atoms with van der Waals surface area (Å²) in [6.45, 7) is 4.78. The van der Waals surface area contributed by atoms with E-state index in [1.807, 2.05) is 26.1 Å². The molecule has 1 aliphatic rings. The Morgan fingerprint density at radius 2 is 2.24 bits per heavy atom. The average Bonchev–Trinajstić information content (AvgIpc) is 3.37. The van der Waals surface area contributed by atoms with Gasteiger partial charge in [0.05, 0.1) is 23.7 Å². The van der Waals surface area contributed by atoms with Gasteiger partial charge in [0, 0.05) is 26.3 Å². The molecular weight excluding hydrogens is 368 g/mol. The fraction of sp³-hybridized carbons (Fsp3) is 0.429. The summed E-state index contributed by atoms with van der Waals surface area (Å²) in [5, 5.41) is 4.38. The summed E-state index contributed by atoms with van der Waals surface area (Å²) < 4.78 is 7.01. The largest absolute Gasteiger partial charge is 0.463 e. The molecular formula is C21H26N6O2. The Balaban J connectivity index is 1.52. The van der Waals surface area contributed by atoms with Crippen molar-refractivity contribution in [1.82, 2.24) is 29.5 Å². The normalized spacial score (nSPS) is 17.4. The van der Waals surface area contributed by atoms with Crippen molar-refractivity contribution in [3.05, 3.63) is 48.1 Å². The molecule has 1 aliphatic heterocycles. The third-order valence-corrected chi connectivity index (χ3v) is 5.45. The molecule has 1 atom stereocenters. The second-order valence-electron chi connectivity index (χ2n) is 7.73. The van der Waals surface area contributed by atoms with Gasteiger partial charge in [-0.05, 0) is 57.5 Å². The van der Waals surface area contributed by atoms with E-state index in [1.54, 1.807) is 34.3 Å². The molecule has 0 radical (unpaired) electrons. The lowest BCUT2D eigenvalue weighted by Gasteiger charge is -2.32. The molecule has 0 N–H and O–H groups in total. The summed E-state index contributed by atoms with van der Waals surface area (Å²) in [6, 6.07) is 5.43. The zero-order valence-corrected chi connectivity index (χ0v) is 17.1. The van der Waals surface area contributed by atoms with Gasteiger partial charge in [0.1, 0.15) is 5.69 Å². The first kappa shape index (κ1) is 19.3. The Hall–Kier alpha value is -3.00. The molecule has 4 heterocycles. The summed E-state index contributed by atoms with van der Waals surface area (Å²) in [7, 11) is 4.00. The summed E-state index contributed by atoms with van der Waals surface area (Å²) in [6.07, 6.45) is 7.21. The molecule has 0 spiro atoms. The maximum absolute atomic E-state index is 13.0. The smallest absolute Gasteiger partial charge is 0.257 e. The number of hydrogen-bond donors (Lipinski definition) is 0. The molecule has 8 nitrogen and oxygen atoms in total. The van der Waals surface area contributed by atoms with Gasteiger partial charge < -0.3 is 14.2 Å². The Labute approximate surface area is 170 Å². The van der Waals surface area contributed by atoms with E-state index in [0.29, 0.717) is 28.9 Å². The minimum absolute atomic E-state index is 0.0239. The highest BCUT2D eigenvalue weighted by Gasteiger charge is 2.24. The fourth-order valence-electron chi connectivity index (χ4n) is 3.93. The lowest BCUT2D eigenvalue weighted by molar-refractivity contribution is 0.0740. The van der Waals surface area contributed by atoms with Gasteiger partial charge in [-0.3, -0.25) is 4.79 Å². The molecule has 1 saturated heterocycles. The Morgan fingerprint density at radius 3 is 3.00 bits per heavy atom. The molecule has 3 aromatic rings. The van der Waals surface area contributed by atoms with Crippen LogP contribution in [-0.2, 0) is 0 Å². The minimum atomic E-state index is -0.0239. The van der Waals surface area contributed by atoms with E-state index in [1.165, 1.54) is 6.42 Å². The number of furan rings is 1. The standard InChI is InChI=1S/C21H26N6O2/c1-15-17(20(28)26(3)14-16-6-4-10-25(2)13-16)12-23-27(15)21-22-9-8-18(24-21)19-7-5-11-29-19/h5,7-9,11-12,16H,4,6,10,13-14H2,1-3H3. The van der Waals surface area contributed by atoms with Crippen LogP contribution in [0.3, 0.4) is 0 Å². The summed E-state index contributed by atoms with van der Waals surface area (Å²) in [4.78, 5) is 26.0. The van der Waals surface area contributed by atoms with Gasteiger partial charge in [0.15, 0.2) is 5.76 Å². The van der Waals surface area contributed by atoms with Gasteiger partial charge in [-0.2, -0.15) is 5.10 Å². The lowest BCUT2D eigenvalue weighted by atomic mass is 9.98. The third kappa shape index (κ3) is 4.07. The van der Waals surface area contributed by atoms with E-state index >= 15 is 0 Å². The number of amides is 1. The summed E-state index contributed by atoms with van der Waals surface area (Å²) in [5.41, 5.74) is 1.96. The Bertz CT molecular complexity index is 981. The van der Waals surface area contributed by atoms with Crippen LogP contribution in [0.1, 0.15) is 28.9 Å². The molecule has 1 amide bonds. The quantitative estimate of drug-likeness (QED) is 0.662. The van der Waals surface area contributed by atoms with Crippen molar-refractivity contribution in [2.75, 3.05) is 33.7 Å². The van der Waals surface area contributed by atoms with E-state index in [0.717, 1.165) is 31.7 Å². The van der Waals surface area contributed by atoms with Crippen LogP contribution < -0.4 is 0 Å². The van der Waals surface area contributed by atoms with Crippen molar-refractivity contribution in [2.24, 2.45) is 5.92 Å². The SMILES string of the molecule is Cc1c(C(=O)N(C)CC2CCCN(C)C2)cnn1-c1nccc(-c2ccco2)n1. The summed E-state index contributed by atoms with van der Waals surface area (Å²) in [5.74, 6) is 1.55. The molecule has 29 heavy (non-hydrogen) atoms. The molecule has 0 saturated carbocycles. The van der Waals surface area contributed by atoms with Crippen LogP contribution in [0, 0.1) is 12.8 Å². The van der Waals surface area contributed by atoms with Crippen molar-refractivity contribution in [2.45, 2.75) is 19.8 Å². The fourth-order valence-corrected chi connectivity index (χ4v) is 3.93. The van der Waals surface area contributed by atoms with Crippen molar-refractivity contribution in [1.29, 1.82) is 0 Å². The number of carbonyl (C=O) groups excluding carboxylic acids is 1. The molecule has 0 aliphatic carbocycles. The maximum atomic E-state index is 13.0. The second-order valence-corrected chi connectivity index (χ2v) is 7.73. The molecule has 8 heteroatoms. The van der Waals surface area contributed by atoms with Gasteiger partial charge >= 0.3 is 0 Å². The number of piperidine rings is 1. The number of hydrogen-bond acceptors (Lipinski definition) is 6. The average molecular weight is 394 g/mol. The van der Waals surface area contributed by atoms with Crippen molar-refractivity contribution < 1.29 is 9.21 Å². The topological polar surface area (TPSA) is 80.3 Å². The van der Waals surface area contributed by atoms with E-state index in [-0.39, 0.29) is 5.91 Å². The minimum Gasteiger partial charge on any atom is -0.463 e. The van der Waals surface area contributed by atoms with Gasteiger partial charge in [0.25, 0.3) is 11.9 Å². The number of nitrogens with zero attached hydrogens (tertiary/aromatic N) is 6. The zero-order valence-electron chi connectivity index (χ0n) is 17.1. The van der Waals surface area contributed by atoms with Crippen LogP contribution in [0.5, 0.6) is 0 Å². The molecule has 0 bridgehead atoms. The molecule has 152 valence electrons. The predicted octanol–water partition coefficient (Wildman–Crippen LogP) is 2.64.